The van der Waals surface area contributed by atoms with Crippen molar-refractivity contribution in [1.29, 1.82) is 0 Å². The summed E-state index contributed by atoms with van der Waals surface area (Å²) >= 11 is 0. The standard InChI is InChI=1S/C21H21FN6O5/c22-14-2-1-13(15(11-14)28-6-5-24-26-28)12-23-18(30)16-17(29)19(31)27-7-10-33-21(20(27)25-16)3-8-32-9-4-21/h1-2,5-6,11,29H,3-4,7-10,12H2,(H,23,30). The first kappa shape index (κ1) is 21.2. The van der Waals surface area contributed by atoms with Gasteiger partial charge in [0, 0.05) is 32.6 Å². The summed E-state index contributed by atoms with van der Waals surface area (Å²) in [6, 6.07) is 4.03. The number of hydrogen-bond acceptors (Lipinski definition) is 8. The van der Waals surface area contributed by atoms with Gasteiger partial charge >= 0.3 is 0 Å². The highest BCUT2D eigenvalue weighted by Crippen LogP contribution is 2.37. The van der Waals surface area contributed by atoms with Crippen LogP contribution in [0.2, 0.25) is 0 Å². The van der Waals surface area contributed by atoms with Crippen LogP contribution in [0.25, 0.3) is 5.69 Å². The highest BCUT2D eigenvalue weighted by atomic mass is 19.1. The average Bonchev–Trinajstić information content (AvgIpc) is 3.36. The van der Waals surface area contributed by atoms with Gasteiger partial charge in [0.2, 0.25) is 5.75 Å². The number of ether oxygens (including phenoxy) is 2. The zero-order chi connectivity index (χ0) is 23.0. The number of benzene rings is 1. The van der Waals surface area contributed by atoms with Gasteiger partial charge < -0.3 is 19.9 Å². The Morgan fingerprint density at radius 2 is 2.09 bits per heavy atom. The number of nitrogens with zero attached hydrogens (tertiary/aromatic N) is 5. The van der Waals surface area contributed by atoms with Crippen molar-refractivity contribution in [2.24, 2.45) is 0 Å². The second-order valence-electron chi connectivity index (χ2n) is 7.85. The van der Waals surface area contributed by atoms with Crippen molar-refractivity contribution in [3.05, 3.63) is 63.8 Å². The number of halogens is 1. The summed E-state index contributed by atoms with van der Waals surface area (Å²) in [6.45, 7) is 1.39. The van der Waals surface area contributed by atoms with Gasteiger partial charge in [-0.1, -0.05) is 11.3 Å². The molecular weight excluding hydrogens is 435 g/mol. The van der Waals surface area contributed by atoms with E-state index in [1.165, 1.54) is 33.6 Å². The number of aromatic nitrogens is 5. The van der Waals surface area contributed by atoms with E-state index in [4.69, 9.17) is 9.47 Å². The predicted octanol–water partition coefficient (Wildman–Crippen LogP) is 0.635. The first-order chi connectivity index (χ1) is 16.0. The normalized spacial score (nSPS) is 17.0. The molecule has 5 rings (SSSR count). The molecule has 1 spiro atoms. The largest absolute Gasteiger partial charge is 0.501 e. The van der Waals surface area contributed by atoms with Crippen molar-refractivity contribution >= 4 is 5.91 Å². The van der Waals surface area contributed by atoms with Crippen molar-refractivity contribution in [1.82, 2.24) is 29.9 Å². The van der Waals surface area contributed by atoms with E-state index in [0.717, 1.165) is 0 Å². The van der Waals surface area contributed by atoms with E-state index in [1.807, 2.05) is 0 Å². The van der Waals surface area contributed by atoms with Gasteiger partial charge in [0.15, 0.2) is 5.69 Å². The molecule has 2 N–H and O–H groups in total. The molecule has 0 aliphatic carbocycles. The fourth-order valence-electron chi connectivity index (χ4n) is 4.22. The first-order valence-corrected chi connectivity index (χ1v) is 10.5. The lowest BCUT2D eigenvalue weighted by atomic mass is 9.91. The molecule has 1 amide bonds. The van der Waals surface area contributed by atoms with E-state index in [-0.39, 0.29) is 18.8 Å². The van der Waals surface area contributed by atoms with Crippen LogP contribution in [0.4, 0.5) is 4.39 Å². The number of rotatable bonds is 4. The summed E-state index contributed by atoms with van der Waals surface area (Å²) in [5.41, 5.74) is -0.967. The Kier molecular flexibility index (Phi) is 5.38. The number of nitrogens with one attached hydrogen (secondary N) is 1. The van der Waals surface area contributed by atoms with Crippen molar-refractivity contribution in [3.63, 3.8) is 0 Å². The van der Waals surface area contributed by atoms with Gasteiger partial charge in [0.25, 0.3) is 11.5 Å². The van der Waals surface area contributed by atoms with E-state index in [2.05, 4.69) is 20.6 Å². The molecule has 2 aliphatic heterocycles. The molecule has 2 aliphatic rings. The lowest BCUT2D eigenvalue weighted by molar-refractivity contribution is -0.139. The predicted molar refractivity (Wildman–Crippen MR) is 110 cm³/mol. The molecular formula is C21H21FN6O5. The molecule has 2 aromatic heterocycles. The molecule has 0 unspecified atom stereocenters. The van der Waals surface area contributed by atoms with Gasteiger partial charge in [-0.05, 0) is 17.7 Å². The van der Waals surface area contributed by atoms with Crippen LogP contribution in [0.15, 0.2) is 35.4 Å². The Morgan fingerprint density at radius 3 is 2.85 bits per heavy atom. The smallest absolute Gasteiger partial charge is 0.296 e. The molecule has 1 fully saturated rings. The van der Waals surface area contributed by atoms with Crippen molar-refractivity contribution in [2.45, 2.75) is 31.5 Å². The van der Waals surface area contributed by atoms with Crippen LogP contribution in [0.3, 0.4) is 0 Å². The van der Waals surface area contributed by atoms with Gasteiger partial charge in [0.1, 0.15) is 17.2 Å². The first-order valence-electron chi connectivity index (χ1n) is 10.5. The van der Waals surface area contributed by atoms with Crippen molar-refractivity contribution in [2.75, 3.05) is 19.8 Å². The number of carbonyl (C=O) groups excluding carboxylic acids is 1. The van der Waals surface area contributed by atoms with Crippen molar-refractivity contribution in [3.8, 4) is 11.4 Å². The lowest BCUT2D eigenvalue weighted by Crippen LogP contribution is -2.48. The van der Waals surface area contributed by atoms with Crippen LogP contribution in [0.1, 0.15) is 34.7 Å². The average molecular weight is 456 g/mol. The zero-order valence-corrected chi connectivity index (χ0v) is 17.5. The van der Waals surface area contributed by atoms with Crippen LogP contribution >= 0.6 is 0 Å². The van der Waals surface area contributed by atoms with Crippen LogP contribution in [0, 0.1) is 5.82 Å². The minimum absolute atomic E-state index is 0.0245. The molecule has 0 atom stereocenters. The Labute approximate surface area is 186 Å². The van der Waals surface area contributed by atoms with Crippen molar-refractivity contribution < 1.29 is 23.8 Å². The van der Waals surface area contributed by atoms with E-state index in [9.17, 15) is 19.1 Å². The summed E-state index contributed by atoms with van der Waals surface area (Å²) in [5, 5.41) is 20.7. The molecule has 0 saturated carbocycles. The molecule has 33 heavy (non-hydrogen) atoms. The van der Waals surface area contributed by atoms with Gasteiger partial charge in [0.05, 0.1) is 31.2 Å². The Hall–Kier alpha value is -3.64. The second-order valence-corrected chi connectivity index (χ2v) is 7.85. The molecule has 3 aromatic rings. The number of amides is 1. The topological polar surface area (TPSA) is 133 Å². The van der Waals surface area contributed by atoms with E-state index in [1.54, 1.807) is 6.20 Å². The molecule has 12 heteroatoms. The molecule has 4 heterocycles. The number of aromatic hydroxyl groups is 1. The lowest BCUT2D eigenvalue weighted by Gasteiger charge is -2.40. The quantitative estimate of drug-likeness (QED) is 0.584. The maximum atomic E-state index is 13.8. The summed E-state index contributed by atoms with van der Waals surface area (Å²) in [5.74, 6) is -1.62. The minimum Gasteiger partial charge on any atom is -0.501 e. The van der Waals surface area contributed by atoms with Gasteiger partial charge in [-0.25, -0.2) is 14.1 Å². The van der Waals surface area contributed by atoms with E-state index in [0.29, 0.717) is 49.7 Å². The molecule has 172 valence electrons. The third-order valence-electron chi connectivity index (χ3n) is 5.92. The molecule has 1 aromatic carbocycles. The van der Waals surface area contributed by atoms with Crippen LogP contribution in [0.5, 0.6) is 5.75 Å². The van der Waals surface area contributed by atoms with Gasteiger partial charge in [-0.15, -0.1) is 5.10 Å². The summed E-state index contributed by atoms with van der Waals surface area (Å²) in [7, 11) is 0. The fourth-order valence-corrected chi connectivity index (χ4v) is 4.22. The van der Waals surface area contributed by atoms with Crippen LogP contribution < -0.4 is 10.9 Å². The summed E-state index contributed by atoms with van der Waals surface area (Å²) < 4.78 is 27.9. The third-order valence-corrected chi connectivity index (χ3v) is 5.92. The second kappa shape index (κ2) is 8.37. The van der Waals surface area contributed by atoms with Gasteiger partial charge in [-0.3, -0.25) is 14.2 Å². The maximum absolute atomic E-state index is 13.8. The summed E-state index contributed by atoms with van der Waals surface area (Å²) in [6.07, 6.45) is 3.97. The van der Waals surface area contributed by atoms with Crippen LogP contribution in [-0.4, -0.2) is 55.4 Å². The third kappa shape index (κ3) is 3.76. The monoisotopic (exact) mass is 456 g/mol. The molecule has 11 nitrogen and oxygen atoms in total. The SMILES string of the molecule is O=C(NCc1ccc(F)cc1-n1ccnn1)c1nc2n(c(=O)c1O)CCOC21CCOCC1. The van der Waals surface area contributed by atoms with E-state index < -0.39 is 28.6 Å². The zero-order valence-electron chi connectivity index (χ0n) is 17.5. The molecule has 0 bridgehead atoms. The molecule has 1 saturated heterocycles. The number of carbonyl (C=O) groups is 1. The highest BCUT2D eigenvalue weighted by Gasteiger charge is 2.43. The Morgan fingerprint density at radius 1 is 1.27 bits per heavy atom. The number of fused-ring (bicyclic) bond motifs is 2. The fraction of sp³-hybridized carbons (Fsp3) is 0.381. The number of hydrogen-bond donors (Lipinski definition) is 2. The van der Waals surface area contributed by atoms with Crippen LogP contribution in [-0.2, 0) is 28.2 Å². The summed E-state index contributed by atoms with van der Waals surface area (Å²) in [4.78, 5) is 30.2. The Balaban J connectivity index is 1.45. The van der Waals surface area contributed by atoms with E-state index >= 15 is 0 Å². The Bertz CT molecular complexity index is 1250. The highest BCUT2D eigenvalue weighted by molar-refractivity contribution is 5.94. The van der Waals surface area contributed by atoms with Gasteiger partial charge in [-0.2, -0.15) is 0 Å². The minimum atomic E-state index is -0.838. The molecule has 0 radical (unpaired) electrons. The maximum Gasteiger partial charge on any atom is 0.296 e.